The maximum atomic E-state index is 14.7. The van der Waals surface area contributed by atoms with E-state index in [0.717, 1.165) is 10.8 Å². The van der Waals surface area contributed by atoms with Crippen LogP contribution >= 0.6 is 36.9 Å². The zero-order chi connectivity index (χ0) is 60.8. The third-order valence-corrected chi connectivity index (χ3v) is 14.2. The molecule has 0 aliphatic rings. The molecule has 0 saturated carbocycles. The highest BCUT2D eigenvalue weighted by Gasteiger charge is 2.36. The summed E-state index contributed by atoms with van der Waals surface area (Å²) in [4.78, 5) is 123. The van der Waals surface area contributed by atoms with Crippen LogP contribution in [0, 0.1) is 0 Å². The molecule has 0 saturated heterocycles. The SMILES string of the molecule is C[C@@H](O)[C@H](NC(=O)[C@H](CCCCN)NC(=O)[C@@H](Cc1ccc(NC(N)=O)cc1)NC(=O)[C@H](Cc1ccc(O)cc1)NC(=O)[C@@H](CS)NC(=O)[C@H](N)Cc1ccc(Cl)cc1)C(=O)N[C@@H](CS)C(=O)N[C@@H](Cc1ccc2ccccc2c1)C(N)=O. The molecule has 5 aromatic carbocycles. The number of primary amides is 2. The Bertz CT molecular complexity index is 3050. The van der Waals surface area contributed by atoms with Gasteiger partial charge in [0, 0.05) is 41.5 Å². The number of rotatable bonds is 31. The average Bonchev–Trinajstić information content (AvgIpc) is 3.65. The Hall–Kier alpha value is -7.94. The first-order valence-electron chi connectivity index (χ1n) is 26.5. The second kappa shape index (κ2) is 32.6. The van der Waals surface area contributed by atoms with Crippen molar-refractivity contribution in [3.63, 3.8) is 0 Å². The monoisotopic (exact) mass is 1200 g/mol. The molecule has 0 aliphatic carbocycles. The molecule has 0 aliphatic heterocycles. The minimum absolute atomic E-state index is 0.0200. The zero-order valence-electron chi connectivity index (χ0n) is 45.4. The minimum atomic E-state index is -1.73. The molecule has 0 heterocycles. The molecule has 18 N–H and O–H groups in total. The van der Waals surface area contributed by atoms with E-state index in [4.69, 9.17) is 34.5 Å². The number of hydrogen-bond acceptors (Lipinski definition) is 15. The smallest absolute Gasteiger partial charge is 0.316 e. The first-order valence-corrected chi connectivity index (χ1v) is 28.1. The number of benzene rings is 5. The summed E-state index contributed by atoms with van der Waals surface area (Å²) < 4.78 is 0. The summed E-state index contributed by atoms with van der Waals surface area (Å²) >= 11 is 14.5. The molecule has 5 rings (SSSR count). The van der Waals surface area contributed by atoms with Gasteiger partial charge in [0.25, 0.3) is 0 Å². The van der Waals surface area contributed by atoms with Crippen LogP contribution in [0.5, 0.6) is 5.75 Å². The fraction of sp³-hybridized carbons (Fsp3) is 0.351. The van der Waals surface area contributed by atoms with Crippen molar-refractivity contribution in [2.75, 3.05) is 23.4 Å². The summed E-state index contributed by atoms with van der Waals surface area (Å²) in [5.41, 5.74) is 25.6. The molecule has 83 heavy (non-hydrogen) atoms. The summed E-state index contributed by atoms with van der Waals surface area (Å²) in [5.74, 6) is -7.64. The number of aliphatic hydroxyl groups excluding tert-OH is 1. The van der Waals surface area contributed by atoms with Gasteiger partial charge in [0.15, 0.2) is 0 Å². The van der Waals surface area contributed by atoms with E-state index in [0.29, 0.717) is 39.4 Å². The largest absolute Gasteiger partial charge is 0.508 e. The normalized spacial score (nSPS) is 14.3. The lowest BCUT2D eigenvalue weighted by atomic mass is 10.0. The van der Waals surface area contributed by atoms with Crippen molar-refractivity contribution < 1.29 is 53.4 Å². The predicted octanol–water partition coefficient (Wildman–Crippen LogP) is 0.536. The molecule has 0 radical (unpaired) electrons. The number of aromatic hydroxyl groups is 1. The third kappa shape index (κ3) is 21.1. The number of hydrogen-bond donors (Lipinski definition) is 16. The summed E-state index contributed by atoms with van der Waals surface area (Å²) in [6.45, 7) is 1.41. The van der Waals surface area contributed by atoms with Crippen LogP contribution < -0.4 is 65.5 Å². The Kier molecular flexibility index (Phi) is 25.9. The van der Waals surface area contributed by atoms with Crippen molar-refractivity contribution in [1.82, 2.24) is 37.2 Å². The number of thiol groups is 2. The Morgan fingerprint density at radius 3 is 1.49 bits per heavy atom. The zero-order valence-corrected chi connectivity index (χ0v) is 47.9. The standard InChI is InChI=1S/C57H71ClN12O11S2/c1-31(71)48(56(80)69-47(30-83)54(78)65-43(49(61)73)28-35-9-16-36-6-2-3-7-37(36)24-35)70-51(75)42(8-4-5-23-59)64-52(76)44(26-33-12-19-39(20-13-33)63-57(62)81)66-53(77)45(27-34-14-21-40(72)22-15-34)67-55(79)46(29-82)68-50(74)41(60)25-32-10-17-38(58)18-11-32/h2-3,6-7,9-22,24,31,41-48,71-72,82-83H,4-5,8,23,25-30,59-60H2,1H3,(H2,61,73)(H,64,76)(H,65,78)(H,66,77)(H,67,79)(H,68,74)(H,69,80)(H,70,75)(H3,62,63,81)/t31-,41-,42+,43+,44-,45+,46-,47+,48+/m1/s1. The fourth-order valence-electron chi connectivity index (χ4n) is 8.62. The molecule has 0 spiro atoms. The van der Waals surface area contributed by atoms with E-state index in [1.807, 2.05) is 36.4 Å². The van der Waals surface area contributed by atoms with E-state index in [9.17, 15) is 53.4 Å². The van der Waals surface area contributed by atoms with Gasteiger partial charge in [-0.1, -0.05) is 90.5 Å². The second-order valence-corrected chi connectivity index (χ2v) is 20.9. The minimum Gasteiger partial charge on any atom is -0.508 e. The Morgan fingerprint density at radius 1 is 0.518 bits per heavy atom. The van der Waals surface area contributed by atoms with Crippen LogP contribution in [0.15, 0.2) is 115 Å². The van der Waals surface area contributed by atoms with Crippen molar-refractivity contribution in [2.45, 2.75) is 106 Å². The number of nitrogens with one attached hydrogen (secondary N) is 8. The topological polar surface area (TPSA) is 394 Å². The molecule has 9 atom stereocenters. The van der Waals surface area contributed by atoms with Crippen molar-refractivity contribution in [3.8, 4) is 5.75 Å². The number of aliphatic hydroxyl groups is 1. The van der Waals surface area contributed by atoms with Crippen LogP contribution in [-0.4, -0.2) is 136 Å². The number of urea groups is 1. The van der Waals surface area contributed by atoms with Crippen molar-refractivity contribution in [3.05, 3.63) is 143 Å². The molecular formula is C57H71ClN12O11S2. The van der Waals surface area contributed by atoms with E-state index in [1.54, 1.807) is 42.5 Å². The maximum absolute atomic E-state index is 14.7. The highest BCUT2D eigenvalue weighted by molar-refractivity contribution is 7.80. The van der Waals surface area contributed by atoms with E-state index >= 15 is 0 Å². The number of carbonyl (C=O) groups is 9. The van der Waals surface area contributed by atoms with E-state index in [-0.39, 0.29) is 62.3 Å². The van der Waals surface area contributed by atoms with E-state index < -0.39 is 108 Å². The summed E-state index contributed by atoms with van der Waals surface area (Å²) in [6, 6.07) is 19.5. The number of anilines is 1. The fourth-order valence-corrected chi connectivity index (χ4v) is 9.26. The lowest BCUT2D eigenvalue weighted by molar-refractivity contribution is -0.136. The van der Waals surface area contributed by atoms with Crippen LogP contribution in [-0.2, 0) is 64.0 Å². The molecule has 10 amide bonds. The third-order valence-electron chi connectivity index (χ3n) is 13.2. The highest BCUT2D eigenvalue weighted by atomic mass is 35.5. The van der Waals surface area contributed by atoms with Gasteiger partial charge in [0.1, 0.15) is 48.0 Å². The van der Waals surface area contributed by atoms with Crippen LogP contribution in [0.4, 0.5) is 10.5 Å². The number of halogens is 1. The number of carbonyl (C=O) groups excluding carboxylic acids is 9. The number of amides is 10. The van der Waals surface area contributed by atoms with Crippen LogP contribution in [0.25, 0.3) is 10.8 Å². The second-order valence-electron chi connectivity index (χ2n) is 19.7. The van der Waals surface area contributed by atoms with E-state index in [1.165, 1.54) is 43.3 Å². The summed E-state index contributed by atoms with van der Waals surface area (Å²) in [6.07, 6.45) is -1.34. The average molecular weight is 1200 g/mol. The van der Waals surface area contributed by atoms with Gasteiger partial charge in [0.05, 0.1) is 12.1 Å². The lowest BCUT2D eigenvalue weighted by Crippen LogP contribution is -2.62. The predicted molar refractivity (Wildman–Crippen MR) is 321 cm³/mol. The van der Waals surface area contributed by atoms with Gasteiger partial charge >= 0.3 is 6.03 Å². The molecule has 5 aromatic rings. The molecule has 444 valence electrons. The Morgan fingerprint density at radius 2 is 0.964 bits per heavy atom. The molecule has 0 fully saturated rings. The van der Waals surface area contributed by atoms with Gasteiger partial charge in [-0.3, -0.25) is 38.4 Å². The molecule has 0 aromatic heterocycles. The molecule has 26 heteroatoms. The first-order chi connectivity index (χ1) is 39.6. The number of nitrogens with two attached hydrogens (primary N) is 4. The number of phenols is 1. The van der Waals surface area contributed by atoms with Crippen LogP contribution in [0.2, 0.25) is 5.02 Å². The summed E-state index contributed by atoms with van der Waals surface area (Å²) in [7, 11) is 0. The maximum Gasteiger partial charge on any atom is 0.316 e. The van der Waals surface area contributed by atoms with Crippen LogP contribution in [0.3, 0.4) is 0 Å². The van der Waals surface area contributed by atoms with Crippen LogP contribution in [0.1, 0.15) is 48.4 Å². The molecule has 0 unspecified atom stereocenters. The van der Waals surface area contributed by atoms with Gasteiger partial charge in [-0.25, -0.2) is 4.79 Å². The van der Waals surface area contributed by atoms with Gasteiger partial charge in [-0.05, 0) is 109 Å². The number of fused-ring (bicyclic) bond motifs is 1. The number of phenolic OH excluding ortho intramolecular Hbond substituents is 1. The van der Waals surface area contributed by atoms with Crippen molar-refractivity contribution in [1.29, 1.82) is 0 Å². The van der Waals surface area contributed by atoms with Gasteiger partial charge < -0.3 is 75.7 Å². The van der Waals surface area contributed by atoms with Gasteiger partial charge in [-0.15, -0.1) is 0 Å². The van der Waals surface area contributed by atoms with E-state index in [2.05, 4.69) is 67.8 Å². The molecular weight excluding hydrogens is 1130 g/mol. The number of unbranched alkanes of at least 4 members (excludes halogenated alkanes) is 1. The first kappa shape index (κ1) is 65.9. The van der Waals surface area contributed by atoms with Gasteiger partial charge in [-0.2, -0.15) is 25.3 Å². The van der Waals surface area contributed by atoms with Crippen molar-refractivity contribution >= 4 is 107 Å². The van der Waals surface area contributed by atoms with Gasteiger partial charge in [0.2, 0.25) is 47.3 Å². The summed E-state index contributed by atoms with van der Waals surface area (Å²) in [5, 5.41) is 43.8. The molecule has 0 bridgehead atoms. The van der Waals surface area contributed by atoms with Crippen molar-refractivity contribution in [2.24, 2.45) is 22.9 Å². The Labute approximate surface area is 495 Å². The molecule has 23 nitrogen and oxygen atoms in total. The lowest BCUT2D eigenvalue weighted by Gasteiger charge is -2.28. The Balaban J connectivity index is 1.37. The quantitative estimate of drug-likeness (QED) is 0.0213. The highest BCUT2D eigenvalue weighted by Crippen LogP contribution is 2.19.